The van der Waals surface area contributed by atoms with Gasteiger partial charge in [-0.3, -0.25) is 0 Å². The van der Waals surface area contributed by atoms with E-state index in [1.165, 1.54) is 10.4 Å². The van der Waals surface area contributed by atoms with Crippen molar-refractivity contribution < 1.29 is 8.42 Å². The Balaban J connectivity index is 2.41. The second-order valence-corrected chi connectivity index (χ2v) is 5.91. The standard InChI is InChI=1S/C11H14N2O3S/c14-12-9-10-5-1-2-6-11(10)17(15,16)13-7-3-4-8-13/h1-2,5-6H,3-4,7-9H2. The number of nitroso groups, excluding NO2 is 1. The third kappa shape index (κ3) is 2.37. The van der Waals surface area contributed by atoms with Gasteiger partial charge in [-0.2, -0.15) is 9.21 Å². The number of benzene rings is 1. The summed E-state index contributed by atoms with van der Waals surface area (Å²) < 4.78 is 26.1. The van der Waals surface area contributed by atoms with Crippen LogP contribution < -0.4 is 0 Å². The SMILES string of the molecule is O=NCc1ccccc1S(=O)(=O)N1CCCC1. The lowest BCUT2D eigenvalue weighted by atomic mass is 10.2. The minimum absolute atomic E-state index is 0.108. The van der Waals surface area contributed by atoms with Gasteiger partial charge in [-0.25, -0.2) is 8.42 Å². The molecule has 0 unspecified atom stereocenters. The molecule has 0 atom stereocenters. The highest BCUT2D eigenvalue weighted by molar-refractivity contribution is 7.89. The summed E-state index contributed by atoms with van der Waals surface area (Å²) in [5.74, 6) is 0. The van der Waals surface area contributed by atoms with Crippen LogP contribution in [0, 0.1) is 4.91 Å². The summed E-state index contributed by atoms with van der Waals surface area (Å²) in [6, 6.07) is 6.54. The van der Waals surface area contributed by atoms with Gasteiger partial charge in [0, 0.05) is 13.1 Å². The molecular formula is C11H14N2O3S. The molecule has 0 amide bonds. The Morgan fingerprint density at radius 3 is 2.47 bits per heavy atom. The maximum atomic E-state index is 12.3. The lowest BCUT2D eigenvalue weighted by Crippen LogP contribution is -2.28. The molecule has 0 saturated carbocycles. The number of hydrogen-bond donors (Lipinski definition) is 0. The van der Waals surface area contributed by atoms with Crippen LogP contribution in [0.2, 0.25) is 0 Å². The zero-order valence-electron chi connectivity index (χ0n) is 9.37. The number of nitrogens with zero attached hydrogens (tertiary/aromatic N) is 2. The third-order valence-electron chi connectivity index (χ3n) is 2.89. The zero-order chi connectivity index (χ0) is 12.3. The van der Waals surface area contributed by atoms with Crippen molar-refractivity contribution in [2.75, 3.05) is 13.1 Å². The van der Waals surface area contributed by atoms with E-state index in [4.69, 9.17) is 0 Å². The predicted octanol–water partition coefficient (Wildman–Crippen LogP) is 1.74. The molecule has 2 rings (SSSR count). The van der Waals surface area contributed by atoms with E-state index in [0.717, 1.165) is 12.8 Å². The molecule has 1 saturated heterocycles. The molecular weight excluding hydrogens is 240 g/mol. The Morgan fingerprint density at radius 2 is 1.82 bits per heavy atom. The molecule has 1 fully saturated rings. The van der Waals surface area contributed by atoms with Crippen molar-refractivity contribution in [3.8, 4) is 0 Å². The largest absolute Gasteiger partial charge is 0.243 e. The fourth-order valence-electron chi connectivity index (χ4n) is 2.02. The summed E-state index contributed by atoms with van der Waals surface area (Å²) in [5, 5.41) is 2.77. The van der Waals surface area contributed by atoms with E-state index in [1.807, 2.05) is 0 Å². The molecule has 5 nitrogen and oxygen atoms in total. The van der Waals surface area contributed by atoms with Crippen molar-refractivity contribution in [1.82, 2.24) is 4.31 Å². The van der Waals surface area contributed by atoms with Crippen LogP contribution in [0.4, 0.5) is 0 Å². The van der Waals surface area contributed by atoms with E-state index in [0.29, 0.717) is 18.7 Å². The first-order chi connectivity index (χ1) is 8.16. The molecule has 1 aliphatic heterocycles. The van der Waals surface area contributed by atoms with Crippen LogP contribution in [-0.2, 0) is 16.6 Å². The maximum absolute atomic E-state index is 12.3. The van der Waals surface area contributed by atoms with Crippen LogP contribution in [0.5, 0.6) is 0 Å². The molecule has 6 heteroatoms. The monoisotopic (exact) mass is 254 g/mol. The summed E-state index contributed by atoms with van der Waals surface area (Å²) in [7, 11) is -3.46. The average Bonchev–Trinajstić information content (AvgIpc) is 2.84. The van der Waals surface area contributed by atoms with Crippen molar-refractivity contribution in [3.63, 3.8) is 0 Å². The molecule has 0 aliphatic carbocycles. The summed E-state index contributed by atoms with van der Waals surface area (Å²) >= 11 is 0. The Kier molecular flexibility index (Phi) is 3.54. The molecule has 1 heterocycles. The molecule has 0 spiro atoms. The molecule has 0 radical (unpaired) electrons. The summed E-state index contributed by atoms with van der Waals surface area (Å²) in [6.45, 7) is 1.01. The van der Waals surface area contributed by atoms with Gasteiger partial charge in [-0.1, -0.05) is 23.4 Å². The minimum Gasteiger partial charge on any atom is -0.207 e. The lowest BCUT2D eigenvalue weighted by Gasteiger charge is -2.17. The number of sulfonamides is 1. The van der Waals surface area contributed by atoms with Gasteiger partial charge in [0.2, 0.25) is 10.0 Å². The fourth-order valence-corrected chi connectivity index (χ4v) is 3.75. The van der Waals surface area contributed by atoms with Crippen LogP contribution >= 0.6 is 0 Å². The highest BCUT2D eigenvalue weighted by Gasteiger charge is 2.28. The van der Waals surface area contributed by atoms with Crippen molar-refractivity contribution in [2.45, 2.75) is 24.3 Å². The van der Waals surface area contributed by atoms with Gasteiger partial charge in [-0.15, -0.1) is 0 Å². The summed E-state index contributed by atoms with van der Waals surface area (Å²) in [6.07, 6.45) is 1.79. The Bertz CT molecular complexity index is 507. The second kappa shape index (κ2) is 4.93. The first-order valence-electron chi connectivity index (χ1n) is 5.53. The van der Waals surface area contributed by atoms with Crippen molar-refractivity contribution in [1.29, 1.82) is 0 Å². The van der Waals surface area contributed by atoms with E-state index in [2.05, 4.69) is 5.18 Å². The van der Waals surface area contributed by atoms with Crippen LogP contribution in [0.3, 0.4) is 0 Å². The van der Waals surface area contributed by atoms with E-state index < -0.39 is 10.0 Å². The molecule has 0 N–H and O–H groups in total. The first-order valence-corrected chi connectivity index (χ1v) is 6.97. The highest BCUT2D eigenvalue weighted by Crippen LogP contribution is 2.24. The van der Waals surface area contributed by atoms with Crippen LogP contribution in [-0.4, -0.2) is 25.8 Å². The fraction of sp³-hybridized carbons (Fsp3) is 0.455. The van der Waals surface area contributed by atoms with Crippen LogP contribution in [0.1, 0.15) is 18.4 Å². The highest BCUT2D eigenvalue weighted by atomic mass is 32.2. The first kappa shape index (κ1) is 12.2. The smallest absolute Gasteiger partial charge is 0.207 e. The van der Waals surface area contributed by atoms with Gasteiger partial charge in [-0.05, 0) is 24.5 Å². The summed E-state index contributed by atoms with van der Waals surface area (Å²) in [4.78, 5) is 10.5. The zero-order valence-corrected chi connectivity index (χ0v) is 10.2. The predicted molar refractivity (Wildman–Crippen MR) is 63.9 cm³/mol. The van der Waals surface area contributed by atoms with Gasteiger partial charge in [0.15, 0.2) is 0 Å². The Morgan fingerprint density at radius 1 is 1.18 bits per heavy atom. The van der Waals surface area contributed by atoms with Gasteiger partial charge in [0.1, 0.15) is 6.54 Å². The molecule has 1 aromatic rings. The topological polar surface area (TPSA) is 66.8 Å². The minimum atomic E-state index is -3.46. The molecule has 1 aromatic carbocycles. The normalized spacial score (nSPS) is 17.2. The maximum Gasteiger partial charge on any atom is 0.243 e. The van der Waals surface area contributed by atoms with Crippen molar-refractivity contribution >= 4 is 10.0 Å². The lowest BCUT2D eigenvalue weighted by molar-refractivity contribution is 0.476. The van der Waals surface area contributed by atoms with Crippen LogP contribution in [0.15, 0.2) is 34.3 Å². The van der Waals surface area contributed by atoms with Gasteiger partial charge < -0.3 is 0 Å². The molecule has 0 bridgehead atoms. The van der Waals surface area contributed by atoms with Gasteiger partial charge in [0.05, 0.1) is 4.90 Å². The average molecular weight is 254 g/mol. The van der Waals surface area contributed by atoms with Gasteiger partial charge in [0.25, 0.3) is 0 Å². The molecule has 1 aliphatic rings. The summed E-state index contributed by atoms with van der Waals surface area (Å²) in [5.41, 5.74) is 0.467. The van der Waals surface area contributed by atoms with Crippen LogP contribution in [0.25, 0.3) is 0 Å². The van der Waals surface area contributed by atoms with E-state index in [9.17, 15) is 13.3 Å². The Hall–Kier alpha value is -1.27. The number of rotatable bonds is 4. The quantitative estimate of drug-likeness (QED) is 0.768. The molecule has 92 valence electrons. The Labute approximate surface area is 100 Å². The molecule has 17 heavy (non-hydrogen) atoms. The van der Waals surface area contributed by atoms with E-state index >= 15 is 0 Å². The third-order valence-corrected chi connectivity index (χ3v) is 4.89. The second-order valence-electron chi connectivity index (χ2n) is 4.01. The number of hydrogen-bond acceptors (Lipinski definition) is 4. The van der Waals surface area contributed by atoms with E-state index in [1.54, 1.807) is 18.2 Å². The van der Waals surface area contributed by atoms with E-state index in [-0.39, 0.29) is 11.4 Å². The van der Waals surface area contributed by atoms with Gasteiger partial charge >= 0.3 is 0 Å². The molecule has 0 aromatic heterocycles. The van der Waals surface area contributed by atoms with Crippen molar-refractivity contribution in [3.05, 3.63) is 34.7 Å². The van der Waals surface area contributed by atoms with Crippen molar-refractivity contribution in [2.24, 2.45) is 5.18 Å².